The van der Waals surface area contributed by atoms with Gasteiger partial charge in [0.2, 0.25) is 0 Å². The van der Waals surface area contributed by atoms with Gasteiger partial charge in [0.1, 0.15) is 0 Å². The second-order valence-corrected chi connectivity index (χ2v) is 12.7. The molecule has 0 saturated heterocycles. The van der Waals surface area contributed by atoms with Crippen molar-refractivity contribution in [2.75, 3.05) is 0 Å². The zero-order valence-electron chi connectivity index (χ0n) is 26.8. The Kier molecular flexibility index (Phi) is 12.6. The van der Waals surface area contributed by atoms with Crippen LogP contribution in [-0.4, -0.2) is 0 Å². The highest BCUT2D eigenvalue weighted by molar-refractivity contribution is 5.44. The fraction of sp³-hybridized carbons (Fsp3) is 0.450. The van der Waals surface area contributed by atoms with Crippen LogP contribution in [0.2, 0.25) is 0 Å². The first-order valence-corrected chi connectivity index (χ1v) is 14.7. The van der Waals surface area contributed by atoms with E-state index in [2.05, 4.69) is 140 Å². The third kappa shape index (κ3) is 11.0. The van der Waals surface area contributed by atoms with Gasteiger partial charge < -0.3 is 0 Å². The molecule has 0 heteroatoms. The van der Waals surface area contributed by atoms with Crippen LogP contribution in [0.5, 0.6) is 0 Å². The van der Waals surface area contributed by atoms with Crippen molar-refractivity contribution in [1.82, 2.24) is 0 Å². The maximum atomic E-state index is 3.36. The maximum Gasteiger partial charge on any atom is 0.0299 e. The zero-order valence-corrected chi connectivity index (χ0v) is 26.8. The summed E-state index contributed by atoms with van der Waals surface area (Å²) < 4.78 is 0. The first-order chi connectivity index (χ1) is 18.8. The van der Waals surface area contributed by atoms with Crippen LogP contribution in [0.3, 0.4) is 0 Å². The van der Waals surface area contributed by atoms with Gasteiger partial charge in [0.25, 0.3) is 0 Å². The molecule has 2 rings (SSSR count). The lowest BCUT2D eigenvalue weighted by molar-refractivity contribution is 0.404. The van der Waals surface area contributed by atoms with E-state index in [1.54, 1.807) is 0 Å². The Hall–Kier alpha value is -3.40. The van der Waals surface area contributed by atoms with Crippen LogP contribution in [0.15, 0.2) is 93.7 Å². The molecule has 0 amide bonds. The predicted octanol–water partition coefficient (Wildman–Crippen LogP) is 10.8. The number of allylic oxidation sites excluding steroid dienone is 16. The van der Waals surface area contributed by atoms with E-state index in [1.165, 1.54) is 40.7 Å². The molecule has 0 aromatic rings. The minimum Gasteiger partial charge on any atom is -0.0989 e. The summed E-state index contributed by atoms with van der Waals surface area (Å²) in [5.74, 6) is 19.7. The Bertz CT molecular complexity index is 1360. The number of rotatable bonds is 5. The molecular weight excluding hydrogens is 480 g/mol. The molecule has 0 aromatic carbocycles. The Morgan fingerprint density at radius 3 is 2.45 bits per heavy atom. The molecule has 0 N–H and O–H groups in total. The van der Waals surface area contributed by atoms with E-state index in [1.807, 2.05) is 19.1 Å². The average molecular weight is 531 g/mol. The summed E-state index contributed by atoms with van der Waals surface area (Å²) in [5.41, 5.74) is 9.46. The summed E-state index contributed by atoms with van der Waals surface area (Å²) in [6.45, 7) is 22.1. The second-order valence-electron chi connectivity index (χ2n) is 12.7. The van der Waals surface area contributed by atoms with Crippen molar-refractivity contribution in [3.8, 4) is 35.5 Å². The van der Waals surface area contributed by atoms with Gasteiger partial charge in [-0.3, -0.25) is 0 Å². The van der Waals surface area contributed by atoms with Crippen LogP contribution >= 0.6 is 0 Å². The number of hydrogen-bond acceptors (Lipinski definition) is 0. The molecule has 0 heterocycles. The Labute approximate surface area is 246 Å². The lowest BCUT2D eigenvalue weighted by Crippen LogP contribution is -2.18. The molecule has 1 unspecified atom stereocenters. The zero-order chi connectivity index (χ0) is 29.8. The summed E-state index contributed by atoms with van der Waals surface area (Å²) in [4.78, 5) is 0. The van der Waals surface area contributed by atoms with Gasteiger partial charge in [0.05, 0.1) is 0 Å². The molecule has 0 spiro atoms. The van der Waals surface area contributed by atoms with E-state index in [0.717, 1.165) is 30.4 Å². The SMILES string of the molecule is CC1=CCCC(C)(C)/C1=C/C=C(\C)CC#CC(C)CC#C/C=C(\C)C#C/C=C(C)/C=C/C1=C(C)C=CCC1(C)C. The first kappa shape index (κ1) is 32.8. The van der Waals surface area contributed by atoms with Crippen LogP contribution in [0.1, 0.15) is 101 Å². The Morgan fingerprint density at radius 1 is 1.00 bits per heavy atom. The summed E-state index contributed by atoms with van der Waals surface area (Å²) in [7, 11) is 0. The van der Waals surface area contributed by atoms with Crippen molar-refractivity contribution in [2.45, 2.75) is 101 Å². The fourth-order valence-electron chi connectivity index (χ4n) is 5.04. The third-order valence-corrected chi connectivity index (χ3v) is 7.66. The minimum absolute atomic E-state index is 0.180. The van der Waals surface area contributed by atoms with Gasteiger partial charge in [0.15, 0.2) is 0 Å². The van der Waals surface area contributed by atoms with Gasteiger partial charge >= 0.3 is 0 Å². The van der Waals surface area contributed by atoms with Gasteiger partial charge in [0, 0.05) is 24.3 Å². The van der Waals surface area contributed by atoms with E-state index in [9.17, 15) is 0 Å². The topological polar surface area (TPSA) is 0 Å². The molecule has 0 radical (unpaired) electrons. The molecule has 0 fully saturated rings. The van der Waals surface area contributed by atoms with Crippen LogP contribution in [0.4, 0.5) is 0 Å². The Balaban J connectivity index is 1.87. The largest absolute Gasteiger partial charge is 0.0989 e. The molecule has 0 bridgehead atoms. The van der Waals surface area contributed by atoms with E-state index in [4.69, 9.17) is 0 Å². The third-order valence-electron chi connectivity index (χ3n) is 7.66. The number of hydrogen-bond donors (Lipinski definition) is 0. The highest BCUT2D eigenvalue weighted by Crippen LogP contribution is 2.40. The standard InChI is InChI=1S/C40H50/c1-31(19-13-21-33(3)25-27-37-35(5)23-15-29-39(37,7)8)17-11-12-18-32(2)20-14-22-34(4)26-28-38-36(6)24-16-30-40(38,9)10/h15,17,21,23-28,32H,16,18,22,29-30H2,1-10H3/b27-25+,31-17+,33-21+,34-26+,38-28+. The van der Waals surface area contributed by atoms with Crippen molar-refractivity contribution >= 4 is 0 Å². The van der Waals surface area contributed by atoms with Crippen molar-refractivity contribution in [3.05, 3.63) is 93.7 Å². The van der Waals surface area contributed by atoms with E-state index < -0.39 is 0 Å². The van der Waals surface area contributed by atoms with Gasteiger partial charge in [-0.25, -0.2) is 0 Å². The smallest absolute Gasteiger partial charge is 0.0299 e. The first-order valence-electron chi connectivity index (χ1n) is 14.7. The highest BCUT2D eigenvalue weighted by atomic mass is 14.3. The summed E-state index contributed by atoms with van der Waals surface area (Å²) in [5, 5.41) is 0. The lowest BCUT2D eigenvalue weighted by Gasteiger charge is -2.32. The van der Waals surface area contributed by atoms with Gasteiger partial charge in [-0.15, -0.1) is 0 Å². The normalized spacial score (nSPS) is 20.7. The van der Waals surface area contributed by atoms with Gasteiger partial charge in [-0.1, -0.05) is 124 Å². The molecule has 0 aliphatic heterocycles. The maximum absolute atomic E-state index is 3.36. The van der Waals surface area contributed by atoms with E-state index in [-0.39, 0.29) is 16.7 Å². The quantitative estimate of drug-likeness (QED) is 0.245. The van der Waals surface area contributed by atoms with Crippen molar-refractivity contribution < 1.29 is 0 Å². The van der Waals surface area contributed by atoms with Crippen LogP contribution in [0, 0.1) is 52.3 Å². The molecule has 210 valence electrons. The molecule has 40 heavy (non-hydrogen) atoms. The molecule has 0 aromatic heterocycles. The van der Waals surface area contributed by atoms with Crippen molar-refractivity contribution in [3.63, 3.8) is 0 Å². The summed E-state index contributed by atoms with van der Waals surface area (Å²) in [6.07, 6.45) is 24.7. The monoisotopic (exact) mass is 530 g/mol. The van der Waals surface area contributed by atoms with Crippen LogP contribution in [-0.2, 0) is 0 Å². The lowest BCUT2D eigenvalue weighted by atomic mass is 9.73. The van der Waals surface area contributed by atoms with Crippen molar-refractivity contribution in [2.24, 2.45) is 16.7 Å². The minimum atomic E-state index is 0.180. The molecular formula is C40H50. The highest BCUT2D eigenvalue weighted by Gasteiger charge is 2.26. The average Bonchev–Trinajstić information content (AvgIpc) is 2.85. The molecule has 0 nitrogen and oxygen atoms in total. The molecule has 2 aliphatic rings. The Morgan fingerprint density at radius 2 is 1.75 bits per heavy atom. The predicted molar refractivity (Wildman–Crippen MR) is 177 cm³/mol. The van der Waals surface area contributed by atoms with Gasteiger partial charge in [-0.05, 0) is 99.2 Å². The van der Waals surface area contributed by atoms with Crippen molar-refractivity contribution in [1.29, 1.82) is 0 Å². The summed E-state index contributed by atoms with van der Waals surface area (Å²) in [6, 6.07) is 0. The molecule has 1 atom stereocenters. The second kappa shape index (κ2) is 15.4. The summed E-state index contributed by atoms with van der Waals surface area (Å²) >= 11 is 0. The molecule has 0 saturated carbocycles. The van der Waals surface area contributed by atoms with E-state index in [0.29, 0.717) is 0 Å². The van der Waals surface area contributed by atoms with Crippen LogP contribution < -0.4 is 0 Å². The van der Waals surface area contributed by atoms with E-state index >= 15 is 0 Å². The van der Waals surface area contributed by atoms with Gasteiger partial charge in [-0.2, -0.15) is 0 Å². The molecule has 2 aliphatic carbocycles. The van der Waals surface area contributed by atoms with Crippen LogP contribution in [0.25, 0.3) is 0 Å². The fourth-order valence-corrected chi connectivity index (χ4v) is 5.04.